The molecule has 0 fully saturated rings. The molecule has 3 aromatic rings. The quantitative estimate of drug-likeness (QED) is 0.788. The highest BCUT2D eigenvalue weighted by molar-refractivity contribution is 5.81. The Morgan fingerprint density at radius 1 is 1.19 bits per heavy atom. The average Bonchev–Trinajstić information content (AvgIpc) is 2.89. The minimum atomic E-state index is -0.854. The topological polar surface area (TPSA) is 63.3 Å². The Labute approximate surface area is 122 Å². The first-order chi connectivity index (χ1) is 10.0. The molecule has 0 spiro atoms. The monoisotopic (exact) mass is 281 g/mol. The van der Waals surface area contributed by atoms with E-state index in [1.54, 1.807) is 25.1 Å². The maximum Gasteiger partial charge on any atom is 0.310 e. The second-order valence-corrected chi connectivity index (χ2v) is 5.17. The first kappa shape index (κ1) is 13.4. The largest absolute Gasteiger partial charge is 0.481 e. The third-order valence-electron chi connectivity index (χ3n) is 3.58. The van der Waals surface area contributed by atoms with Gasteiger partial charge in [-0.3, -0.25) is 4.79 Å². The van der Waals surface area contributed by atoms with Gasteiger partial charge < -0.3 is 9.52 Å². The Balaban J connectivity index is 2.04. The minimum Gasteiger partial charge on any atom is -0.481 e. The van der Waals surface area contributed by atoms with Crippen molar-refractivity contribution < 1.29 is 14.3 Å². The van der Waals surface area contributed by atoms with Crippen LogP contribution in [0.1, 0.15) is 24.0 Å². The van der Waals surface area contributed by atoms with Crippen LogP contribution in [0.5, 0.6) is 0 Å². The van der Waals surface area contributed by atoms with Gasteiger partial charge in [0.05, 0.1) is 5.92 Å². The number of nitrogens with zero attached hydrogens (tertiary/aromatic N) is 1. The van der Waals surface area contributed by atoms with E-state index in [9.17, 15) is 4.79 Å². The zero-order valence-corrected chi connectivity index (χ0v) is 11.8. The van der Waals surface area contributed by atoms with Crippen LogP contribution in [0.2, 0.25) is 0 Å². The summed E-state index contributed by atoms with van der Waals surface area (Å²) in [6, 6.07) is 13.2. The van der Waals surface area contributed by atoms with Gasteiger partial charge >= 0.3 is 5.97 Å². The highest BCUT2D eigenvalue weighted by atomic mass is 16.4. The van der Waals surface area contributed by atoms with Crippen molar-refractivity contribution in [3.05, 3.63) is 53.6 Å². The van der Waals surface area contributed by atoms with Gasteiger partial charge in [-0.15, -0.1) is 0 Å². The predicted octanol–water partition coefficient (Wildman–Crippen LogP) is 3.99. The number of aromatic nitrogens is 1. The first-order valence-corrected chi connectivity index (χ1v) is 6.75. The van der Waals surface area contributed by atoms with E-state index in [1.165, 1.54) is 5.56 Å². The van der Waals surface area contributed by atoms with Crippen LogP contribution < -0.4 is 0 Å². The van der Waals surface area contributed by atoms with Crippen molar-refractivity contribution in [2.45, 2.75) is 19.8 Å². The van der Waals surface area contributed by atoms with Crippen LogP contribution in [0.3, 0.4) is 0 Å². The smallest absolute Gasteiger partial charge is 0.310 e. The molecule has 4 nitrogen and oxygen atoms in total. The summed E-state index contributed by atoms with van der Waals surface area (Å²) in [4.78, 5) is 15.5. The molecule has 0 aliphatic rings. The fourth-order valence-corrected chi connectivity index (χ4v) is 2.17. The Bertz CT molecular complexity index is 803. The molecule has 0 unspecified atom stereocenters. The van der Waals surface area contributed by atoms with Crippen LogP contribution in [0, 0.1) is 6.92 Å². The highest BCUT2D eigenvalue weighted by Gasteiger charge is 2.16. The summed E-state index contributed by atoms with van der Waals surface area (Å²) < 4.78 is 5.76. The molecule has 3 rings (SSSR count). The summed E-state index contributed by atoms with van der Waals surface area (Å²) in [5, 5.41) is 9.07. The van der Waals surface area contributed by atoms with Crippen molar-refractivity contribution in [2.24, 2.45) is 0 Å². The Morgan fingerprint density at radius 2 is 1.90 bits per heavy atom. The van der Waals surface area contributed by atoms with E-state index in [1.807, 2.05) is 31.2 Å². The molecule has 106 valence electrons. The molecule has 0 saturated heterocycles. The van der Waals surface area contributed by atoms with Crippen molar-refractivity contribution in [2.75, 3.05) is 0 Å². The van der Waals surface area contributed by atoms with Gasteiger partial charge in [-0.05, 0) is 43.7 Å². The Kier molecular flexibility index (Phi) is 3.22. The van der Waals surface area contributed by atoms with Crippen molar-refractivity contribution in [3.63, 3.8) is 0 Å². The van der Waals surface area contributed by atoms with E-state index in [-0.39, 0.29) is 0 Å². The number of hydrogen-bond acceptors (Lipinski definition) is 3. The van der Waals surface area contributed by atoms with Crippen LogP contribution in [-0.4, -0.2) is 16.1 Å². The second kappa shape index (κ2) is 5.05. The number of aliphatic carboxylic acids is 1. The number of oxazole rings is 1. The van der Waals surface area contributed by atoms with E-state index < -0.39 is 11.9 Å². The fraction of sp³-hybridized carbons (Fsp3) is 0.176. The standard InChI is InChI=1S/C17H15NO3/c1-10-3-5-12(6-4-10)16-18-14-8-7-13(9-15(14)21-16)11(2)17(19)20/h3-9,11H,1-2H3,(H,19,20)/t11-/m1/s1. The molecule has 1 atom stereocenters. The van der Waals surface area contributed by atoms with Gasteiger partial charge in [-0.2, -0.15) is 0 Å². The number of carboxylic acid groups (broad SMARTS) is 1. The summed E-state index contributed by atoms with van der Waals surface area (Å²) in [6.45, 7) is 3.68. The third-order valence-corrected chi connectivity index (χ3v) is 3.58. The minimum absolute atomic E-state index is 0.546. The lowest BCUT2D eigenvalue weighted by atomic mass is 10.0. The molecule has 2 aromatic carbocycles. The molecular weight excluding hydrogens is 266 g/mol. The molecule has 0 aliphatic heterocycles. The van der Waals surface area contributed by atoms with E-state index >= 15 is 0 Å². The zero-order valence-electron chi connectivity index (χ0n) is 11.8. The molecule has 0 bridgehead atoms. The number of aryl methyl sites for hydroxylation is 1. The average molecular weight is 281 g/mol. The van der Waals surface area contributed by atoms with Crippen molar-refractivity contribution >= 4 is 17.1 Å². The summed E-state index contributed by atoms with van der Waals surface area (Å²) in [7, 11) is 0. The summed E-state index contributed by atoms with van der Waals surface area (Å²) in [6.07, 6.45) is 0. The van der Waals surface area contributed by atoms with Gasteiger partial charge in [-0.1, -0.05) is 23.8 Å². The van der Waals surface area contributed by atoms with Gasteiger partial charge in [0.1, 0.15) is 5.52 Å². The number of carbonyl (C=O) groups is 1. The predicted molar refractivity (Wildman–Crippen MR) is 80.2 cm³/mol. The van der Waals surface area contributed by atoms with Crippen LogP contribution in [0.25, 0.3) is 22.6 Å². The van der Waals surface area contributed by atoms with Gasteiger partial charge in [-0.25, -0.2) is 4.98 Å². The normalized spacial score (nSPS) is 12.5. The molecule has 0 aliphatic carbocycles. The number of benzene rings is 2. The molecule has 0 saturated carbocycles. The summed E-state index contributed by atoms with van der Waals surface area (Å²) >= 11 is 0. The molecule has 1 heterocycles. The van der Waals surface area contributed by atoms with Crippen molar-refractivity contribution in [1.82, 2.24) is 4.98 Å². The fourth-order valence-electron chi connectivity index (χ4n) is 2.17. The van der Waals surface area contributed by atoms with E-state index in [2.05, 4.69) is 4.98 Å². The van der Waals surface area contributed by atoms with Crippen LogP contribution >= 0.6 is 0 Å². The van der Waals surface area contributed by atoms with Gasteiger partial charge in [0.15, 0.2) is 5.58 Å². The maximum absolute atomic E-state index is 11.0. The van der Waals surface area contributed by atoms with Crippen LogP contribution in [0.15, 0.2) is 46.9 Å². The molecule has 1 aromatic heterocycles. The lowest BCUT2D eigenvalue weighted by Crippen LogP contribution is -2.06. The molecule has 1 N–H and O–H groups in total. The van der Waals surface area contributed by atoms with Gasteiger partial charge in [0.25, 0.3) is 0 Å². The summed E-state index contributed by atoms with van der Waals surface area (Å²) in [5.41, 5.74) is 4.13. The van der Waals surface area contributed by atoms with E-state index in [4.69, 9.17) is 9.52 Å². The molecular formula is C17H15NO3. The summed E-state index contributed by atoms with van der Waals surface area (Å²) in [5.74, 6) is -0.875. The SMILES string of the molecule is Cc1ccc(-c2nc3ccc([C@@H](C)C(=O)O)cc3o2)cc1. The maximum atomic E-state index is 11.0. The van der Waals surface area contributed by atoms with Crippen LogP contribution in [-0.2, 0) is 4.79 Å². The number of rotatable bonds is 3. The molecule has 21 heavy (non-hydrogen) atoms. The number of carboxylic acids is 1. The highest BCUT2D eigenvalue weighted by Crippen LogP contribution is 2.27. The van der Waals surface area contributed by atoms with Gasteiger partial charge in [0, 0.05) is 5.56 Å². The Hall–Kier alpha value is -2.62. The van der Waals surface area contributed by atoms with E-state index in [0.717, 1.165) is 11.1 Å². The lowest BCUT2D eigenvalue weighted by molar-refractivity contribution is -0.138. The Morgan fingerprint density at radius 3 is 2.57 bits per heavy atom. The molecule has 0 amide bonds. The number of fused-ring (bicyclic) bond motifs is 1. The molecule has 4 heteroatoms. The van der Waals surface area contributed by atoms with Crippen molar-refractivity contribution in [3.8, 4) is 11.5 Å². The third kappa shape index (κ3) is 2.52. The van der Waals surface area contributed by atoms with Gasteiger partial charge in [0.2, 0.25) is 5.89 Å². The second-order valence-electron chi connectivity index (χ2n) is 5.17. The first-order valence-electron chi connectivity index (χ1n) is 6.75. The molecule has 0 radical (unpaired) electrons. The van der Waals surface area contributed by atoms with Crippen LogP contribution in [0.4, 0.5) is 0 Å². The lowest BCUT2D eigenvalue weighted by Gasteiger charge is -2.04. The van der Waals surface area contributed by atoms with E-state index in [0.29, 0.717) is 17.0 Å². The number of hydrogen-bond donors (Lipinski definition) is 1. The zero-order chi connectivity index (χ0) is 15.0. The van der Waals surface area contributed by atoms with Crippen molar-refractivity contribution in [1.29, 1.82) is 0 Å².